The Morgan fingerprint density at radius 2 is 2.11 bits per heavy atom. The molecule has 0 heterocycles. The van der Waals surface area contributed by atoms with Crippen LogP contribution in [-0.4, -0.2) is 25.4 Å². The minimum Gasteiger partial charge on any atom is -0.494 e. The van der Waals surface area contributed by atoms with Crippen LogP contribution in [-0.2, 0) is 11.2 Å². The molecule has 18 heavy (non-hydrogen) atoms. The van der Waals surface area contributed by atoms with E-state index in [0.29, 0.717) is 6.61 Å². The van der Waals surface area contributed by atoms with Gasteiger partial charge in [-0.3, -0.25) is 0 Å². The summed E-state index contributed by atoms with van der Waals surface area (Å²) in [7, 11) is 1.71. The molecule has 0 bridgehead atoms. The predicted molar refractivity (Wildman–Crippen MR) is 70.9 cm³/mol. The van der Waals surface area contributed by atoms with E-state index >= 15 is 0 Å². The fraction of sp³-hybridized carbons (Fsp3) is 0.600. The van der Waals surface area contributed by atoms with Crippen LogP contribution in [0.3, 0.4) is 0 Å². The molecule has 2 rings (SSSR count). The smallest absolute Gasteiger partial charge is 0.119 e. The number of fused-ring (bicyclic) bond motifs is 1. The third kappa shape index (κ3) is 3.47. The molecule has 0 spiro atoms. The second kappa shape index (κ2) is 6.76. The van der Waals surface area contributed by atoms with Gasteiger partial charge in [-0.15, -0.1) is 0 Å². The highest BCUT2D eigenvalue weighted by Gasteiger charge is 2.18. The van der Waals surface area contributed by atoms with Gasteiger partial charge in [0, 0.05) is 13.7 Å². The average Bonchev–Trinajstić information content (AvgIpc) is 2.39. The third-order valence-corrected chi connectivity index (χ3v) is 3.41. The van der Waals surface area contributed by atoms with E-state index in [0.717, 1.165) is 50.0 Å². The van der Waals surface area contributed by atoms with Gasteiger partial charge in [0.05, 0.1) is 12.7 Å². The normalized spacial score (nSPS) is 18.4. The summed E-state index contributed by atoms with van der Waals surface area (Å²) in [5.41, 5.74) is 2.32. The lowest BCUT2D eigenvalue weighted by Gasteiger charge is -2.22. The Morgan fingerprint density at radius 3 is 2.94 bits per heavy atom. The molecule has 1 aromatic carbocycles. The van der Waals surface area contributed by atoms with Gasteiger partial charge in [-0.1, -0.05) is 6.07 Å². The quantitative estimate of drug-likeness (QED) is 0.789. The fourth-order valence-corrected chi connectivity index (χ4v) is 2.38. The summed E-state index contributed by atoms with van der Waals surface area (Å²) in [5.74, 6) is 0.868. The Bertz CT molecular complexity index is 376. The van der Waals surface area contributed by atoms with E-state index in [2.05, 4.69) is 6.07 Å². The highest BCUT2D eigenvalue weighted by Crippen LogP contribution is 2.32. The predicted octanol–water partition coefficient (Wildman–Crippen LogP) is 2.86. The SMILES string of the molecule is COCCCCOc1ccc2c(c1)C(O)CCC2. The van der Waals surface area contributed by atoms with Crippen molar-refractivity contribution in [3.63, 3.8) is 0 Å². The molecule has 0 amide bonds. The van der Waals surface area contributed by atoms with Crippen LogP contribution in [0.25, 0.3) is 0 Å². The molecule has 1 aliphatic rings. The molecule has 0 fully saturated rings. The molecule has 100 valence electrons. The van der Waals surface area contributed by atoms with Gasteiger partial charge in [0.2, 0.25) is 0 Å². The Balaban J connectivity index is 1.88. The summed E-state index contributed by atoms with van der Waals surface area (Å²) in [6.45, 7) is 1.49. The minimum atomic E-state index is -0.314. The van der Waals surface area contributed by atoms with Crippen LogP contribution >= 0.6 is 0 Å². The first-order chi connectivity index (χ1) is 8.81. The molecule has 3 nitrogen and oxygen atoms in total. The first kappa shape index (κ1) is 13.4. The van der Waals surface area contributed by atoms with E-state index in [4.69, 9.17) is 9.47 Å². The summed E-state index contributed by atoms with van der Waals surface area (Å²) in [5, 5.41) is 9.96. The lowest BCUT2D eigenvalue weighted by atomic mass is 9.89. The van der Waals surface area contributed by atoms with Crippen LogP contribution in [0.5, 0.6) is 5.75 Å². The van der Waals surface area contributed by atoms with Crippen LogP contribution in [0.2, 0.25) is 0 Å². The molecule has 0 aromatic heterocycles. The standard InChI is InChI=1S/C15H22O3/c1-17-9-2-3-10-18-13-8-7-12-5-4-6-15(16)14(12)11-13/h7-8,11,15-16H,2-6,9-10H2,1H3. The van der Waals surface area contributed by atoms with E-state index in [1.807, 2.05) is 12.1 Å². The zero-order chi connectivity index (χ0) is 12.8. The minimum absolute atomic E-state index is 0.314. The maximum absolute atomic E-state index is 9.96. The van der Waals surface area contributed by atoms with Crippen LogP contribution in [0, 0.1) is 0 Å². The maximum atomic E-state index is 9.96. The second-order valence-electron chi connectivity index (χ2n) is 4.82. The lowest BCUT2D eigenvalue weighted by molar-refractivity contribution is 0.156. The number of hydrogen-bond donors (Lipinski definition) is 1. The van der Waals surface area contributed by atoms with Crippen molar-refractivity contribution in [3.8, 4) is 5.75 Å². The van der Waals surface area contributed by atoms with Crippen LogP contribution in [0.15, 0.2) is 18.2 Å². The number of benzene rings is 1. The number of aliphatic hydroxyl groups excluding tert-OH is 1. The summed E-state index contributed by atoms with van der Waals surface area (Å²) in [6, 6.07) is 6.09. The number of aliphatic hydroxyl groups is 1. The monoisotopic (exact) mass is 250 g/mol. The van der Waals surface area contributed by atoms with Gasteiger partial charge in [0.25, 0.3) is 0 Å². The van der Waals surface area contributed by atoms with Gasteiger partial charge < -0.3 is 14.6 Å². The zero-order valence-electron chi connectivity index (χ0n) is 11.0. The van der Waals surface area contributed by atoms with Gasteiger partial charge in [0.15, 0.2) is 0 Å². The first-order valence-electron chi connectivity index (χ1n) is 6.74. The van der Waals surface area contributed by atoms with Gasteiger partial charge in [0.1, 0.15) is 5.75 Å². The number of hydrogen-bond acceptors (Lipinski definition) is 3. The van der Waals surface area contributed by atoms with Crippen LogP contribution < -0.4 is 4.74 Å². The van der Waals surface area contributed by atoms with Crippen molar-refractivity contribution in [1.82, 2.24) is 0 Å². The van der Waals surface area contributed by atoms with Crippen molar-refractivity contribution in [3.05, 3.63) is 29.3 Å². The lowest BCUT2D eigenvalue weighted by Crippen LogP contribution is -2.09. The molecule has 0 saturated carbocycles. The Morgan fingerprint density at radius 1 is 1.28 bits per heavy atom. The summed E-state index contributed by atoms with van der Waals surface area (Å²) in [4.78, 5) is 0. The summed E-state index contributed by atoms with van der Waals surface area (Å²) in [6.07, 6.45) is 4.71. The third-order valence-electron chi connectivity index (χ3n) is 3.41. The first-order valence-corrected chi connectivity index (χ1v) is 6.74. The molecule has 1 atom stereocenters. The average molecular weight is 250 g/mol. The van der Waals surface area contributed by atoms with Crippen LogP contribution in [0.4, 0.5) is 0 Å². The van der Waals surface area contributed by atoms with E-state index < -0.39 is 0 Å². The summed E-state index contributed by atoms with van der Waals surface area (Å²) < 4.78 is 10.7. The zero-order valence-corrected chi connectivity index (χ0v) is 11.0. The summed E-state index contributed by atoms with van der Waals surface area (Å²) >= 11 is 0. The van der Waals surface area contributed by atoms with Crippen molar-refractivity contribution in [1.29, 1.82) is 0 Å². The van der Waals surface area contributed by atoms with Crippen molar-refractivity contribution in [2.75, 3.05) is 20.3 Å². The molecule has 1 aromatic rings. The topological polar surface area (TPSA) is 38.7 Å². The Kier molecular flexibility index (Phi) is 5.02. The van der Waals surface area contributed by atoms with Gasteiger partial charge in [-0.05, 0) is 55.4 Å². The van der Waals surface area contributed by atoms with E-state index in [1.165, 1.54) is 5.56 Å². The number of methoxy groups -OCH3 is 1. The van der Waals surface area contributed by atoms with E-state index in [9.17, 15) is 5.11 Å². The van der Waals surface area contributed by atoms with Gasteiger partial charge in [-0.2, -0.15) is 0 Å². The molecular formula is C15H22O3. The Hall–Kier alpha value is -1.06. The highest BCUT2D eigenvalue weighted by molar-refractivity contribution is 5.38. The Labute approximate surface area is 109 Å². The number of rotatable bonds is 6. The molecule has 1 N–H and O–H groups in total. The fourth-order valence-electron chi connectivity index (χ4n) is 2.38. The number of aryl methyl sites for hydroxylation is 1. The second-order valence-corrected chi connectivity index (χ2v) is 4.82. The molecule has 1 unspecified atom stereocenters. The van der Waals surface area contributed by atoms with Crippen molar-refractivity contribution < 1.29 is 14.6 Å². The maximum Gasteiger partial charge on any atom is 0.119 e. The van der Waals surface area contributed by atoms with Crippen molar-refractivity contribution >= 4 is 0 Å². The van der Waals surface area contributed by atoms with E-state index in [1.54, 1.807) is 7.11 Å². The molecule has 0 aliphatic heterocycles. The number of ether oxygens (including phenoxy) is 2. The highest BCUT2D eigenvalue weighted by atomic mass is 16.5. The molecule has 3 heteroatoms. The molecular weight excluding hydrogens is 228 g/mol. The van der Waals surface area contributed by atoms with Crippen LogP contribution in [0.1, 0.15) is 42.9 Å². The number of unbranched alkanes of at least 4 members (excludes halogenated alkanes) is 1. The van der Waals surface area contributed by atoms with Crippen molar-refractivity contribution in [2.24, 2.45) is 0 Å². The van der Waals surface area contributed by atoms with Crippen molar-refractivity contribution in [2.45, 2.75) is 38.2 Å². The molecule has 0 saturated heterocycles. The molecule has 1 aliphatic carbocycles. The van der Waals surface area contributed by atoms with Gasteiger partial charge in [-0.25, -0.2) is 0 Å². The van der Waals surface area contributed by atoms with Gasteiger partial charge >= 0.3 is 0 Å². The van der Waals surface area contributed by atoms with E-state index in [-0.39, 0.29) is 6.10 Å². The largest absolute Gasteiger partial charge is 0.494 e. The molecule has 0 radical (unpaired) electrons.